The van der Waals surface area contributed by atoms with Crippen molar-refractivity contribution in [1.82, 2.24) is 10.2 Å². The molecule has 0 bridgehead atoms. The minimum absolute atomic E-state index is 0.0351. The number of likely N-dealkylation sites (tertiary alicyclic amines) is 1. The van der Waals surface area contributed by atoms with Crippen molar-refractivity contribution in [3.8, 4) is 0 Å². The van der Waals surface area contributed by atoms with Crippen molar-refractivity contribution in [3.05, 3.63) is 48.0 Å². The molecule has 3 nitrogen and oxygen atoms in total. The zero-order valence-corrected chi connectivity index (χ0v) is 12.7. The van der Waals surface area contributed by atoms with Crippen molar-refractivity contribution in [2.75, 3.05) is 13.6 Å². The molecule has 1 saturated heterocycles. The van der Waals surface area contributed by atoms with Crippen LogP contribution in [0.3, 0.4) is 0 Å². The number of carbonyl (C=O) groups excluding carboxylic acids is 1. The molecule has 110 valence electrons. The number of nitrogens with zero attached hydrogens (tertiary/aromatic N) is 1. The Balaban J connectivity index is 1.74. The highest BCUT2D eigenvalue weighted by Gasteiger charge is 2.28. The summed E-state index contributed by atoms with van der Waals surface area (Å²) in [5, 5.41) is 5.60. The Morgan fingerprint density at radius 3 is 2.71 bits per heavy atom. The second kappa shape index (κ2) is 5.86. The normalized spacial score (nSPS) is 20.6. The molecule has 2 aromatic carbocycles. The van der Waals surface area contributed by atoms with Crippen LogP contribution in [0.4, 0.5) is 0 Å². The monoisotopic (exact) mass is 282 g/mol. The molecule has 0 spiro atoms. The standard InChI is InChI=1S/C18H22N2O/c1-13(19-18(21)17-8-5-11-20(17)2)15-10-9-14-6-3-4-7-16(14)12-15/h3-4,6-7,9-10,12-13,17H,5,8,11H2,1-2H3,(H,19,21)/t13-,17-/m1/s1. The van der Waals surface area contributed by atoms with Crippen molar-refractivity contribution in [2.45, 2.75) is 31.8 Å². The van der Waals surface area contributed by atoms with E-state index in [-0.39, 0.29) is 18.0 Å². The van der Waals surface area contributed by atoms with Crippen LogP contribution in [0.1, 0.15) is 31.4 Å². The third kappa shape index (κ3) is 2.93. The number of hydrogen-bond donors (Lipinski definition) is 1. The Labute approximate surface area is 125 Å². The van der Waals surface area contributed by atoms with Gasteiger partial charge in [-0.25, -0.2) is 0 Å². The van der Waals surface area contributed by atoms with Crippen LogP contribution in [0.25, 0.3) is 10.8 Å². The van der Waals surface area contributed by atoms with Gasteiger partial charge < -0.3 is 5.32 Å². The SMILES string of the molecule is C[C@@H](NC(=O)[C@H]1CCCN1C)c1ccc2ccccc2c1. The molecule has 0 radical (unpaired) electrons. The van der Waals surface area contributed by atoms with E-state index < -0.39 is 0 Å². The third-order valence-corrected chi connectivity index (χ3v) is 4.46. The van der Waals surface area contributed by atoms with Crippen LogP contribution in [0, 0.1) is 0 Å². The fourth-order valence-electron chi connectivity index (χ4n) is 3.11. The van der Waals surface area contributed by atoms with E-state index in [0.717, 1.165) is 24.9 Å². The molecule has 0 aromatic heterocycles. The van der Waals surface area contributed by atoms with Gasteiger partial charge in [-0.05, 0) is 55.8 Å². The summed E-state index contributed by atoms with van der Waals surface area (Å²) in [6.45, 7) is 3.07. The average Bonchev–Trinajstić information content (AvgIpc) is 2.93. The number of benzene rings is 2. The second-order valence-electron chi connectivity index (χ2n) is 5.98. The smallest absolute Gasteiger partial charge is 0.237 e. The van der Waals surface area contributed by atoms with Gasteiger partial charge in [-0.2, -0.15) is 0 Å². The quantitative estimate of drug-likeness (QED) is 0.938. The highest BCUT2D eigenvalue weighted by molar-refractivity contribution is 5.84. The van der Waals surface area contributed by atoms with Crippen molar-refractivity contribution in [3.63, 3.8) is 0 Å². The maximum atomic E-state index is 12.4. The van der Waals surface area contributed by atoms with Gasteiger partial charge in [0.25, 0.3) is 0 Å². The number of amides is 1. The molecule has 1 aliphatic rings. The van der Waals surface area contributed by atoms with Gasteiger partial charge in [0.15, 0.2) is 0 Å². The van der Waals surface area contributed by atoms with Gasteiger partial charge in [0, 0.05) is 0 Å². The number of fused-ring (bicyclic) bond motifs is 1. The van der Waals surface area contributed by atoms with E-state index in [9.17, 15) is 4.79 Å². The Hall–Kier alpha value is -1.87. The second-order valence-corrected chi connectivity index (χ2v) is 5.98. The first-order valence-corrected chi connectivity index (χ1v) is 7.64. The lowest BCUT2D eigenvalue weighted by Gasteiger charge is -2.22. The number of carbonyl (C=O) groups is 1. The largest absolute Gasteiger partial charge is 0.348 e. The van der Waals surface area contributed by atoms with E-state index in [1.807, 2.05) is 19.2 Å². The van der Waals surface area contributed by atoms with E-state index >= 15 is 0 Å². The molecule has 1 N–H and O–H groups in total. The summed E-state index contributed by atoms with van der Waals surface area (Å²) < 4.78 is 0. The Morgan fingerprint density at radius 2 is 2.00 bits per heavy atom. The van der Waals surface area contributed by atoms with Crippen LogP contribution in [0.2, 0.25) is 0 Å². The Bertz CT molecular complexity index is 652. The van der Waals surface area contributed by atoms with Crippen molar-refractivity contribution in [2.24, 2.45) is 0 Å². The number of nitrogens with one attached hydrogen (secondary N) is 1. The van der Waals surface area contributed by atoms with Gasteiger partial charge in [0.05, 0.1) is 12.1 Å². The summed E-state index contributed by atoms with van der Waals surface area (Å²) in [4.78, 5) is 14.5. The van der Waals surface area contributed by atoms with Crippen molar-refractivity contribution >= 4 is 16.7 Å². The summed E-state index contributed by atoms with van der Waals surface area (Å²) in [6.07, 6.45) is 2.08. The molecule has 0 unspecified atom stereocenters. The molecular weight excluding hydrogens is 260 g/mol. The van der Waals surface area contributed by atoms with Gasteiger partial charge in [0.1, 0.15) is 0 Å². The van der Waals surface area contributed by atoms with Gasteiger partial charge >= 0.3 is 0 Å². The van der Waals surface area contributed by atoms with E-state index in [1.54, 1.807) is 0 Å². The number of hydrogen-bond acceptors (Lipinski definition) is 2. The summed E-state index contributed by atoms with van der Waals surface area (Å²) in [5.41, 5.74) is 1.16. The molecule has 2 atom stereocenters. The van der Waals surface area contributed by atoms with E-state index in [0.29, 0.717) is 0 Å². The summed E-state index contributed by atoms with van der Waals surface area (Å²) >= 11 is 0. The molecule has 21 heavy (non-hydrogen) atoms. The summed E-state index contributed by atoms with van der Waals surface area (Å²) in [5.74, 6) is 0.149. The van der Waals surface area contributed by atoms with Crippen LogP contribution in [-0.2, 0) is 4.79 Å². The predicted molar refractivity (Wildman–Crippen MR) is 86.2 cm³/mol. The molecule has 0 aliphatic carbocycles. The number of likely N-dealkylation sites (N-methyl/N-ethyl adjacent to an activating group) is 1. The Morgan fingerprint density at radius 1 is 1.24 bits per heavy atom. The highest BCUT2D eigenvalue weighted by Crippen LogP contribution is 2.21. The van der Waals surface area contributed by atoms with Crippen molar-refractivity contribution in [1.29, 1.82) is 0 Å². The van der Waals surface area contributed by atoms with Crippen LogP contribution in [0.5, 0.6) is 0 Å². The molecule has 2 aromatic rings. The first kappa shape index (κ1) is 14.1. The zero-order valence-electron chi connectivity index (χ0n) is 12.7. The third-order valence-electron chi connectivity index (χ3n) is 4.46. The molecule has 0 saturated carbocycles. The topological polar surface area (TPSA) is 32.3 Å². The average molecular weight is 282 g/mol. The molecule has 1 fully saturated rings. The Kier molecular flexibility index (Phi) is 3.93. The maximum absolute atomic E-state index is 12.4. The molecule has 3 rings (SSSR count). The van der Waals surface area contributed by atoms with Crippen molar-refractivity contribution < 1.29 is 4.79 Å². The van der Waals surface area contributed by atoms with Gasteiger partial charge in [-0.1, -0.05) is 36.4 Å². The maximum Gasteiger partial charge on any atom is 0.237 e. The van der Waals surface area contributed by atoms with E-state index in [4.69, 9.17) is 0 Å². The molecule has 1 aliphatic heterocycles. The lowest BCUT2D eigenvalue weighted by molar-refractivity contribution is -0.125. The van der Waals surface area contributed by atoms with Gasteiger partial charge in [-0.15, -0.1) is 0 Å². The summed E-state index contributed by atoms with van der Waals surface area (Å²) in [6, 6.07) is 14.8. The van der Waals surface area contributed by atoms with Crippen LogP contribution >= 0.6 is 0 Å². The fraction of sp³-hybridized carbons (Fsp3) is 0.389. The zero-order chi connectivity index (χ0) is 14.8. The lowest BCUT2D eigenvalue weighted by Crippen LogP contribution is -2.42. The molecular formula is C18H22N2O. The van der Waals surface area contributed by atoms with Crippen LogP contribution in [-0.4, -0.2) is 30.4 Å². The minimum Gasteiger partial charge on any atom is -0.348 e. The fourth-order valence-corrected chi connectivity index (χ4v) is 3.11. The highest BCUT2D eigenvalue weighted by atomic mass is 16.2. The van der Waals surface area contributed by atoms with E-state index in [1.165, 1.54) is 10.8 Å². The van der Waals surface area contributed by atoms with Crippen LogP contribution < -0.4 is 5.32 Å². The van der Waals surface area contributed by atoms with Gasteiger partial charge in [-0.3, -0.25) is 9.69 Å². The van der Waals surface area contributed by atoms with E-state index in [2.05, 4.69) is 47.5 Å². The predicted octanol–water partition coefficient (Wildman–Crippen LogP) is 3.11. The molecule has 3 heteroatoms. The van der Waals surface area contributed by atoms with Crippen LogP contribution in [0.15, 0.2) is 42.5 Å². The minimum atomic E-state index is 0.0351. The first-order valence-electron chi connectivity index (χ1n) is 7.64. The summed E-state index contributed by atoms with van der Waals surface area (Å²) in [7, 11) is 2.03. The van der Waals surface area contributed by atoms with Gasteiger partial charge in [0.2, 0.25) is 5.91 Å². The first-order chi connectivity index (χ1) is 10.1. The molecule has 1 heterocycles. The lowest BCUT2D eigenvalue weighted by atomic mass is 10.0. The number of rotatable bonds is 3. The molecule has 1 amide bonds.